The molecule has 0 fully saturated rings. The fraction of sp³-hybridized carbons (Fsp3) is 0.125. The second-order valence-corrected chi connectivity index (χ2v) is 6.08. The van der Waals surface area contributed by atoms with Crippen molar-refractivity contribution in [1.29, 1.82) is 0 Å². The number of hydrogen-bond acceptors (Lipinski definition) is 4. The van der Waals surface area contributed by atoms with Crippen LogP contribution in [-0.4, -0.2) is 20.6 Å². The molecule has 1 aromatic heterocycles. The van der Waals surface area contributed by atoms with Crippen molar-refractivity contribution in [3.8, 4) is 11.4 Å². The van der Waals surface area contributed by atoms with Gasteiger partial charge in [-0.05, 0) is 48.5 Å². The Labute approximate surface area is 135 Å². The average Bonchev–Trinajstić information content (AvgIpc) is 2.99. The largest absolute Gasteiger partial charge is 0.344 e. The first-order valence-corrected chi connectivity index (χ1v) is 8.02. The van der Waals surface area contributed by atoms with E-state index in [2.05, 4.69) is 15.1 Å². The van der Waals surface area contributed by atoms with Gasteiger partial charge >= 0.3 is 0 Å². The Morgan fingerprint density at radius 1 is 0.870 bits per heavy atom. The van der Waals surface area contributed by atoms with Crippen molar-refractivity contribution in [2.24, 2.45) is 0 Å². The fourth-order valence-electron chi connectivity index (χ4n) is 2.49. The first-order valence-electron chi connectivity index (χ1n) is 7.03. The van der Waals surface area contributed by atoms with Crippen molar-refractivity contribution in [3.05, 3.63) is 60.2 Å². The Kier molecular flexibility index (Phi) is 3.49. The van der Waals surface area contributed by atoms with Gasteiger partial charge < -0.3 is 4.90 Å². The molecule has 0 unspecified atom stereocenters. The molecule has 0 bridgehead atoms. The van der Waals surface area contributed by atoms with Gasteiger partial charge in [0, 0.05) is 11.3 Å². The van der Waals surface area contributed by atoms with E-state index in [0.29, 0.717) is 18.4 Å². The first kappa shape index (κ1) is 14.2. The molecule has 2 aromatic carbocycles. The van der Waals surface area contributed by atoms with Crippen LogP contribution in [0.15, 0.2) is 53.7 Å². The number of aromatic nitrogens is 3. The number of benzene rings is 2. The van der Waals surface area contributed by atoms with Gasteiger partial charge in [-0.1, -0.05) is 11.8 Å². The molecule has 7 heteroatoms. The van der Waals surface area contributed by atoms with Crippen molar-refractivity contribution < 1.29 is 8.78 Å². The lowest BCUT2D eigenvalue weighted by atomic mass is 10.2. The Hall–Kier alpha value is -2.41. The minimum absolute atomic E-state index is 0.254. The van der Waals surface area contributed by atoms with Crippen molar-refractivity contribution in [2.45, 2.75) is 11.8 Å². The van der Waals surface area contributed by atoms with E-state index < -0.39 is 0 Å². The maximum Gasteiger partial charge on any atom is 0.194 e. The predicted molar refractivity (Wildman–Crippen MR) is 85.0 cm³/mol. The van der Waals surface area contributed by atoms with E-state index in [9.17, 15) is 8.78 Å². The van der Waals surface area contributed by atoms with Gasteiger partial charge in [-0.3, -0.25) is 4.57 Å². The van der Waals surface area contributed by atoms with Crippen molar-refractivity contribution >= 4 is 17.4 Å². The van der Waals surface area contributed by atoms with E-state index in [1.54, 1.807) is 36.0 Å². The van der Waals surface area contributed by atoms with Crippen LogP contribution in [0.4, 0.5) is 14.5 Å². The molecule has 3 aromatic rings. The Morgan fingerprint density at radius 2 is 1.52 bits per heavy atom. The molecule has 1 aliphatic heterocycles. The maximum absolute atomic E-state index is 13.1. The Bertz CT molecular complexity index is 830. The van der Waals surface area contributed by atoms with Crippen LogP contribution in [0.2, 0.25) is 0 Å². The quantitative estimate of drug-likeness (QED) is 0.717. The van der Waals surface area contributed by atoms with Crippen LogP contribution in [0, 0.1) is 11.6 Å². The molecule has 0 saturated heterocycles. The molecule has 0 spiro atoms. The molecule has 0 aliphatic carbocycles. The Morgan fingerprint density at radius 3 is 2.22 bits per heavy atom. The van der Waals surface area contributed by atoms with Gasteiger partial charge in [-0.15, -0.1) is 10.2 Å². The number of halogens is 2. The van der Waals surface area contributed by atoms with E-state index in [-0.39, 0.29) is 11.6 Å². The topological polar surface area (TPSA) is 34.0 Å². The number of hydrogen-bond donors (Lipinski definition) is 0. The van der Waals surface area contributed by atoms with Crippen LogP contribution >= 0.6 is 11.8 Å². The summed E-state index contributed by atoms with van der Waals surface area (Å²) in [6, 6.07) is 12.6. The lowest BCUT2D eigenvalue weighted by Gasteiger charge is -2.29. The smallest absolute Gasteiger partial charge is 0.194 e. The summed E-state index contributed by atoms with van der Waals surface area (Å²) in [6.45, 7) is 0.563. The summed E-state index contributed by atoms with van der Waals surface area (Å²) in [5.41, 5.74) is 1.75. The highest BCUT2D eigenvalue weighted by molar-refractivity contribution is 7.99. The predicted octanol–water partition coefficient (Wildman–Crippen LogP) is 3.75. The molecule has 0 saturated carbocycles. The summed E-state index contributed by atoms with van der Waals surface area (Å²) in [7, 11) is 0. The minimum atomic E-state index is -0.283. The number of rotatable bonds is 2. The lowest BCUT2D eigenvalue weighted by Crippen LogP contribution is -2.30. The van der Waals surface area contributed by atoms with Gasteiger partial charge in [-0.2, -0.15) is 0 Å². The molecule has 4 nitrogen and oxygen atoms in total. The minimum Gasteiger partial charge on any atom is -0.344 e. The molecule has 116 valence electrons. The number of nitrogens with zero attached hydrogens (tertiary/aromatic N) is 4. The highest BCUT2D eigenvalue weighted by Crippen LogP contribution is 2.31. The average molecular weight is 330 g/mol. The lowest BCUT2D eigenvalue weighted by molar-refractivity contribution is 0.604. The van der Waals surface area contributed by atoms with E-state index in [0.717, 1.165) is 16.4 Å². The van der Waals surface area contributed by atoms with Crippen LogP contribution in [0.3, 0.4) is 0 Å². The van der Waals surface area contributed by atoms with E-state index in [4.69, 9.17) is 0 Å². The zero-order chi connectivity index (χ0) is 15.8. The molecule has 0 atom stereocenters. The molecular weight excluding hydrogens is 318 g/mol. The zero-order valence-electron chi connectivity index (χ0n) is 12.0. The summed E-state index contributed by atoms with van der Waals surface area (Å²) in [5.74, 6) is 0.872. The van der Waals surface area contributed by atoms with E-state index >= 15 is 0 Å². The molecule has 4 rings (SSSR count). The third-order valence-electron chi connectivity index (χ3n) is 3.67. The fourth-order valence-corrected chi connectivity index (χ4v) is 3.39. The van der Waals surface area contributed by atoms with Crippen LogP contribution in [0.5, 0.6) is 0 Å². The molecular formula is C16H12F2N4S. The molecule has 0 N–H and O–H groups in total. The highest BCUT2D eigenvalue weighted by atomic mass is 32.2. The molecule has 0 amide bonds. The normalized spacial score (nSPS) is 13.9. The molecule has 0 radical (unpaired) electrons. The summed E-state index contributed by atoms with van der Waals surface area (Å²) < 4.78 is 28.2. The van der Waals surface area contributed by atoms with Crippen molar-refractivity contribution in [1.82, 2.24) is 14.8 Å². The molecule has 23 heavy (non-hydrogen) atoms. The summed E-state index contributed by atoms with van der Waals surface area (Å²) in [4.78, 5) is 2.10. The van der Waals surface area contributed by atoms with Crippen LogP contribution in [0.1, 0.15) is 0 Å². The third kappa shape index (κ3) is 2.68. The van der Waals surface area contributed by atoms with Gasteiger partial charge in [0.25, 0.3) is 0 Å². The van der Waals surface area contributed by atoms with Crippen molar-refractivity contribution in [3.63, 3.8) is 0 Å². The number of fused-ring (bicyclic) bond motifs is 1. The van der Waals surface area contributed by atoms with Crippen molar-refractivity contribution in [2.75, 3.05) is 10.8 Å². The second-order valence-electron chi connectivity index (χ2n) is 5.17. The Balaban J connectivity index is 1.67. The van der Waals surface area contributed by atoms with Gasteiger partial charge in [0.05, 0.1) is 12.5 Å². The first-order chi connectivity index (χ1) is 11.2. The standard InChI is InChI=1S/C16H12F2N4S/c17-12-3-1-11(2-4-12)15-19-20-16-22(15)9-21(10-23-16)14-7-5-13(18)6-8-14/h1-8H,9-10H2. The summed E-state index contributed by atoms with van der Waals surface area (Å²) in [6.07, 6.45) is 0. The second kappa shape index (κ2) is 5.66. The van der Waals surface area contributed by atoms with E-state index in [1.807, 2.05) is 4.57 Å². The number of anilines is 1. The summed E-state index contributed by atoms with van der Waals surface area (Å²) >= 11 is 1.56. The van der Waals surface area contributed by atoms with Crippen LogP contribution < -0.4 is 4.90 Å². The van der Waals surface area contributed by atoms with Crippen LogP contribution in [-0.2, 0) is 6.67 Å². The van der Waals surface area contributed by atoms with Gasteiger partial charge in [0.2, 0.25) is 0 Å². The maximum atomic E-state index is 13.1. The van der Waals surface area contributed by atoms with Gasteiger partial charge in [-0.25, -0.2) is 8.78 Å². The number of thioether (sulfide) groups is 1. The third-order valence-corrected chi connectivity index (χ3v) is 4.67. The molecule has 1 aliphatic rings. The van der Waals surface area contributed by atoms with E-state index in [1.165, 1.54) is 24.3 Å². The zero-order valence-corrected chi connectivity index (χ0v) is 12.8. The van der Waals surface area contributed by atoms with Gasteiger partial charge in [0.15, 0.2) is 11.0 Å². The molecule has 2 heterocycles. The van der Waals surface area contributed by atoms with Gasteiger partial charge in [0.1, 0.15) is 11.6 Å². The van der Waals surface area contributed by atoms with Crippen LogP contribution in [0.25, 0.3) is 11.4 Å². The highest BCUT2D eigenvalue weighted by Gasteiger charge is 2.22. The SMILES string of the molecule is Fc1ccc(-c2nnc3n2CN(c2ccc(F)cc2)CS3)cc1. The monoisotopic (exact) mass is 330 g/mol. The summed E-state index contributed by atoms with van der Waals surface area (Å²) in [5, 5.41) is 9.24.